The van der Waals surface area contributed by atoms with Gasteiger partial charge in [0.25, 0.3) is 5.69 Å². The molecule has 6 heteroatoms. The van der Waals surface area contributed by atoms with Crippen molar-refractivity contribution in [3.63, 3.8) is 0 Å². The highest BCUT2D eigenvalue weighted by Gasteiger charge is 2.17. The monoisotopic (exact) mass is 298 g/mol. The Balaban J connectivity index is 1.97. The number of halogens is 1. The second-order valence-electron chi connectivity index (χ2n) is 5.31. The van der Waals surface area contributed by atoms with E-state index in [-0.39, 0.29) is 5.69 Å². The first-order chi connectivity index (χ1) is 9.56. The first-order valence-electron chi connectivity index (χ1n) is 6.75. The molecule has 5 nitrogen and oxygen atoms in total. The third-order valence-electron chi connectivity index (χ3n) is 3.50. The third kappa shape index (κ3) is 4.16. The number of non-ortho nitro benzene ring substituents is 1. The molecule has 0 bridgehead atoms. The summed E-state index contributed by atoms with van der Waals surface area (Å²) in [5, 5.41) is 11.4. The Labute approximate surface area is 123 Å². The van der Waals surface area contributed by atoms with Gasteiger partial charge in [-0.1, -0.05) is 11.6 Å². The summed E-state index contributed by atoms with van der Waals surface area (Å²) >= 11 is 6.11. The molecular formula is C14H19ClN2O3. The summed E-state index contributed by atoms with van der Waals surface area (Å²) < 4.78 is 5.47. The van der Waals surface area contributed by atoms with Crippen molar-refractivity contribution in [3.8, 4) is 0 Å². The molecule has 0 spiro atoms. The van der Waals surface area contributed by atoms with Crippen LogP contribution in [0.1, 0.15) is 18.4 Å². The number of benzene rings is 1. The number of nitro benzene ring substituents is 1. The highest BCUT2D eigenvalue weighted by Crippen LogP contribution is 2.24. The van der Waals surface area contributed by atoms with Crippen molar-refractivity contribution < 1.29 is 9.66 Å². The molecule has 0 radical (unpaired) electrons. The average molecular weight is 299 g/mol. The van der Waals surface area contributed by atoms with Crippen LogP contribution >= 0.6 is 11.6 Å². The number of ether oxygens (including phenoxy) is 1. The molecule has 1 aromatic carbocycles. The van der Waals surface area contributed by atoms with E-state index in [1.54, 1.807) is 12.1 Å². The van der Waals surface area contributed by atoms with Crippen LogP contribution < -0.4 is 0 Å². The molecule has 1 unspecified atom stereocenters. The van der Waals surface area contributed by atoms with Gasteiger partial charge in [0.05, 0.1) is 11.5 Å². The zero-order chi connectivity index (χ0) is 14.5. The van der Waals surface area contributed by atoms with Crippen molar-refractivity contribution in [2.75, 3.05) is 26.8 Å². The maximum atomic E-state index is 10.8. The lowest BCUT2D eigenvalue weighted by molar-refractivity contribution is -0.384. The van der Waals surface area contributed by atoms with Crippen molar-refractivity contribution in [3.05, 3.63) is 38.9 Å². The number of hydrogen-bond donors (Lipinski definition) is 0. The summed E-state index contributed by atoms with van der Waals surface area (Å²) in [4.78, 5) is 12.5. The van der Waals surface area contributed by atoms with E-state index in [0.29, 0.717) is 17.5 Å². The predicted octanol–water partition coefficient (Wildman–Crippen LogP) is 3.11. The van der Waals surface area contributed by atoms with Crippen LogP contribution in [0.5, 0.6) is 0 Å². The molecule has 2 rings (SSSR count). The molecule has 0 saturated carbocycles. The van der Waals surface area contributed by atoms with Crippen LogP contribution in [-0.2, 0) is 11.3 Å². The molecular weight excluding hydrogens is 280 g/mol. The molecule has 0 aliphatic carbocycles. The molecule has 20 heavy (non-hydrogen) atoms. The first-order valence-corrected chi connectivity index (χ1v) is 7.13. The minimum Gasteiger partial charge on any atom is -0.381 e. The maximum absolute atomic E-state index is 10.8. The largest absolute Gasteiger partial charge is 0.381 e. The fourth-order valence-electron chi connectivity index (χ4n) is 2.54. The smallest absolute Gasteiger partial charge is 0.269 e. The minimum absolute atomic E-state index is 0.0822. The Hall–Kier alpha value is -1.17. The maximum Gasteiger partial charge on any atom is 0.269 e. The summed E-state index contributed by atoms with van der Waals surface area (Å²) in [6, 6.07) is 4.57. The predicted molar refractivity (Wildman–Crippen MR) is 78.0 cm³/mol. The van der Waals surface area contributed by atoms with Gasteiger partial charge in [-0.25, -0.2) is 0 Å². The number of nitro groups is 1. The molecule has 1 aromatic rings. The Bertz CT molecular complexity index is 475. The zero-order valence-corrected chi connectivity index (χ0v) is 12.3. The Kier molecular flexibility index (Phi) is 5.34. The number of rotatable bonds is 5. The molecule has 1 saturated heterocycles. The van der Waals surface area contributed by atoms with Gasteiger partial charge in [-0.05, 0) is 37.4 Å². The quantitative estimate of drug-likeness (QED) is 0.619. The van der Waals surface area contributed by atoms with E-state index in [1.807, 2.05) is 7.05 Å². The van der Waals surface area contributed by atoms with Crippen LogP contribution in [0.4, 0.5) is 5.69 Å². The van der Waals surface area contributed by atoms with Crippen molar-refractivity contribution in [2.45, 2.75) is 19.4 Å². The minimum atomic E-state index is -0.394. The van der Waals surface area contributed by atoms with Crippen LogP contribution in [0, 0.1) is 16.0 Å². The lowest BCUT2D eigenvalue weighted by atomic mass is 10.0. The van der Waals surface area contributed by atoms with Gasteiger partial charge in [-0.2, -0.15) is 0 Å². The van der Waals surface area contributed by atoms with Crippen molar-refractivity contribution in [1.82, 2.24) is 4.90 Å². The fourth-order valence-corrected chi connectivity index (χ4v) is 2.72. The summed E-state index contributed by atoms with van der Waals surface area (Å²) in [6.07, 6.45) is 2.28. The lowest BCUT2D eigenvalue weighted by Gasteiger charge is -2.27. The first kappa shape index (κ1) is 15.2. The summed E-state index contributed by atoms with van der Waals surface area (Å²) in [5.74, 6) is 0.534. The van der Waals surface area contributed by atoms with E-state index in [2.05, 4.69) is 4.90 Å². The number of hydrogen-bond acceptors (Lipinski definition) is 4. The van der Waals surface area contributed by atoms with Gasteiger partial charge in [0.2, 0.25) is 0 Å². The molecule has 0 amide bonds. The van der Waals surface area contributed by atoms with E-state index in [9.17, 15) is 10.1 Å². The zero-order valence-electron chi connectivity index (χ0n) is 11.5. The van der Waals surface area contributed by atoms with Crippen LogP contribution in [0.15, 0.2) is 18.2 Å². The Morgan fingerprint density at radius 2 is 2.35 bits per heavy atom. The van der Waals surface area contributed by atoms with Crippen LogP contribution in [0.25, 0.3) is 0 Å². The highest BCUT2D eigenvalue weighted by molar-refractivity contribution is 6.31. The van der Waals surface area contributed by atoms with Gasteiger partial charge < -0.3 is 9.64 Å². The van der Waals surface area contributed by atoms with E-state index in [1.165, 1.54) is 12.5 Å². The summed E-state index contributed by atoms with van der Waals surface area (Å²) in [7, 11) is 2.00. The van der Waals surface area contributed by atoms with Crippen molar-refractivity contribution in [2.24, 2.45) is 5.92 Å². The molecule has 1 fully saturated rings. The van der Waals surface area contributed by atoms with Crippen LogP contribution in [-0.4, -0.2) is 36.6 Å². The van der Waals surface area contributed by atoms with Gasteiger partial charge in [0, 0.05) is 36.9 Å². The summed E-state index contributed by atoms with van der Waals surface area (Å²) in [6.45, 7) is 3.18. The van der Waals surface area contributed by atoms with Crippen molar-refractivity contribution in [1.29, 1.82) is 0 Å². The second kappa shape index (κ2) is 7.02. The normalized spacial score (nSPS) is 19.2. The molecule has 1 heterocycles. The van der Waals surface area contributed by atoms with Gasteiger partial charge in [-0.3, -0.25) is 10.1 Å². The fraction of sp³-hybridized carbons (Fsp3) is 0.571. The van der Waals surface area contributed by atoms with E-state index < -0.39 is 4.92 Å². The molecule has 110 valence electrons. The molecule has 1 aliphatic rings. The highest BCUT2D eigenvalue weighted by atomic mass is 35.5. The van der Waals surface area contributed by atoms with E-state index >= 15 is 0 Å². The van der Waals surface area contributed by atoms with Gasteiger partial charge in [0.1, 0.15) is 0 Å². The van der Waals surface area contributed by atoms with E-state index in [0.717, 1.165) is 31.7 Å². The van der Waals surface area contributed by atoms with Gasteiger partial charge in [-0.15, -0.1) is 0 Å². The second-order valence-corrected chi connectivity index (χ2v) is 5.72. The molecule has 1 aliphatic heterocycles. The molecule has 1 atom stereocenters. The third-order valence-corrected chi connectivity index (χ3v) is 3.87. The number of nitrogens with zero attached hydrogens (tertiary/aromatic N) is 2. The molecule has 0 aromatic heterocycles. The van der Waals surface area contributed by atoms with Gasteiger partial charge in [0.15, 0.2) is 0 Å². The molecule has 0 N–H and O–H groups in total. The van der Waals surface area contributed by atoms with Crippen LogP contribution in [0.3, 0.4) is 0 Å². The van der Waals surface area contributed by atoms with Gasteiger partial charge >= 0.3 is 0 Å². The SMILES string of the molecule is CN(Cc1cc([N+](=O)[O-])ccc1Cl)CC1CCCOC1. The lowest BCUT2D eigenvalue weighted by Crippen LogP contribution is -2.30. The topological polar surface area (TPSA) is 55.6 Å². The Morgan fingerprint density at radius 1 is 1.55 bits per heavy atom. The van der Waals surface area contributed by atoms with E-state index in [4.69, 9.17) is 16.3 Å². The summed E-state index contributed by atoms with van der Waals surface area (Å²) in [5.41, 5.74) is 0.874. The van der Waals surface area contributed by atoms with Crippen LogP contribution in [0.2, 0.25) is 5.02 Å². The van der Waals surface area contributed by atoms with Crippen molar-refractivity contribution >= 4 is 17.3 Å². The standard InChI is InChI=1S/C14H19ClN2O3/c1-16(8-11-3-2-6-20-10-11)9-12-7-13(17(18)19)4-5-14(12)15/h4-5,7,11H,2-3,6,8-10H2,1H3. The Morgan fingerprint density at radius 3 is 3.00 bits per heavy atom. The average Bonchev–Trinajstić information content (AvgIpc) is 2.42.